The Labute approximate surface area is 128 Å². The number of carbonyl (C=O) groups excluding carboxylic acids is 1. The van der Waals surface area contributed by atoms with Crippen LogP contribution in [-0.2, 0) is 6.54 Å². The first-order valence-corrected chi connectivity index (χ1v) is 7.35. The molecule has 1 amide bonds. The van der Waals surface area contributed by atoms with Crippen LogP contribution in [0.15, 0.2) is 36.8 Å². The maximum atomic E-state index is 12.7. The maximum absolute atomic E-state index is 12.7. The van der Waals surface area contributed by atoms with Crippen molar-refractivity contribution in [1.82, 2.24) is 14.9 Å². The van der Waals surface area contributed by atoms with E-state index in [9.17, 15) is 4.79 Å². The van der Waals surface area contributed by atoms with Crippen LogP contribution in [0.1, 0.15) is 34.5 Å². The standard InChI is InChI=1S/C16H16ClN3O/c1-11-7-15(17)14(9-19-11)16(21)20(13-4-5-13)10-12-3-2-6-18-8-12/h2-3,6-9,13H,4-5,10H2,1H3. The van der Waals surface area contributed by atoms with E-state index < -0.39 is 0 Å². The molecule has 1 saturated carbocycles. The number of aromatic nitrogens is 2. The van der Waals surface area contributed by atoms with Crippen LogP contribution in [0.4, 0.5) is 0 Å². The molecule has 108 valence electrons. The number of rotatable bonds is 4. The molecule has 0 spiro atoms. The Morgan fingerprint density at radius 3 is 2.86 bits per heavy atom. The van der Waals surface area contributed by atoms with Crippen molar-refractivity contribution < 1.29 is 4.79 Å². The second-order valence-corrected chi connectivity index (χ2v) is 5.74. The van der Waals surface area contributed by atoms with Gasteiger partial charge in [-0.25, -0.2) is 0 Å². The minimum atomic E-state index is -0.0566. The molecule has 0 bridgehead atoms. The van der Waals surface area contributed by atoms with E-state index in [0.717, 1.165) is 24.1 Å². The van der Waals surface area contributed by atoms with E-state index in [0.29, 0.717) is 23.2 Å². The number of halogens is 1. The monoisotopic (exact) mass is 301 g/mol. The molecule has 0 atom stereocenters. The van der Waals surface area contributed by atoms with Crippen molar-refractivity contribution in [3.05, 3.63) is 58.6 Å². The fraction of sp³-hybridized carbons (Fsp3) is 0.312. The summed E-state index contributed by atoms with van der Waals surface area (Å²) < 4.78 is 0. The van der Waals surface area contributed by atoms with Crippen LogP contribution >= 0.6 is 11.6 Å². The Bertz CT molecular complexity index is 656. The lowest BCUT2D eigenvalue weighted by molar-refractivity contribution is 0.0729. The van der Waals surface area contributed by atoms with Crippen LogP contribution in [0.2, 0.25) is 5.02 Å². The van der Waals surface area contributed by atoms with Gasteiger partial charge in [0.15, 0.2) is 0 Å². The van der Waals surface area contributed by atoms with Gasteiger partial charge in [0.05, 0.1) is 10.6 Å². The van der Waals surface area contributed by atoms with Gasteiger partial charge in [-0.2, -0.15) is 0 Å². The first-order valence-electron chi connectivity index (χ1n) is 6.97. The van der Waals surface area contributed by atoms with Crippen LogP contribution < -0.4 is 0 Å². The molecule has 0 N–H and O–H groups in total. The van der Waals surface area contributed by atoms with Gasteiger partial charge < -0.3 is 4.90 Å². The third kappa shape index (κ3) is 3.22. The predicted octanol–water partition coefficient (Wildman–Crippen LogP) is 3.24. The first-order chi connectivity index (χ1) is 10.1. The Morgan fingerprint density at radius 1 is 1.43 bits per heavy atom. The molecule has 0 unspecified atom stereocenters. The molecule has 2 heterocycles. The molecule has 21 heavy (non-hydrogen) atoms. The molecule has 1 aliphatic carbocycles. The number of nitrogens with zero attached hydrogens (tertiary/aromatic N) is 3. The quantitative estimate of drug-likeness (QED) is 0.871. The summed E-state index contributed by atoms with van der Waals surface area (Å²) in [5.41, 5.74) is 2.30. The molecule has 4 nitrogen and oxygen atoms in total. The Morgan fingerprint density at radius 2 is 2.24 bits per heavy atom. The molecule has 0 saturated heterocycles. The lowest BCUT2D eigenvalue weighted by atomic mass is 10.2. The van der Waals surface area contributed by atoms with Crippen LogP contribution in [0, 0.1) is 6.92 Å². The molecule has 0 aliphatic heterocycles. The number of hydrogen-bond donors (Lipinski definition) is 0. The second kappa shape index (κ2) is 5.82. The molecule has 0 aromatic carbocycles. The number of carbonyl (C=O) groups is 1. The van der Waals surface area contributed by atoms with E-state index in [1.807, 2.05) is 24.0 Å². The second-order valence-electron chi connectivity index (χ2n) is 5.33. The predicted molar refractivity (Wildman–Crippen MR) is 81.1 cm³/mol. The third-order valence-electron chi connectivity index (χ3n) is 3.54. The molecular formula is C16H16ClN3O. The van der Waals surface area contributed by atoms with Crippen molar-refractivity contribution in [2.24, 2.45) is 0 Å². The molecule has 5 heteroatoms. The van der Waals surface area contributed by atoms with Crippen molar-refractivity contribution in [3.8, 4) is 0 Å². The lowest BCUT2D eigenvalue weighted by Gasteiger charge is -2.23. The fourth-order valence-corrected chi connectivity index (χ4v) is 2.57. The molecule has 2 aromatic rings. The Kier molecular flexibility index (Phi) is 3.88. The fourth-order valence-electron chi connectivity index (χ4n) is 2.28. The average Bonchev–Trinajstić information content (AvgIpc) is 3.30. The highest BCUT2D eigenvalue weighted by Gasteiger charge is 2.33. The maximum Gasteiger partial charge on any atom is 0.257 e. The van der Waals surface area contributed by atoms with E-state index in [2.05, 4.69) is 9.97 Å². The average molecular weight is 302 g/mol. The van der Waals surface area contributed by atoms with E-state index in [1.165, 1.54) is 0 Å². The first kappa shape index (κ1) is 14.0. The molecule has 2 aromatic heterocycles. The highest BCUT2D eigenvalue weighted by molar-refractivity contribution is 6.33. The van der Waals surface area contributed by atoms with Gasteiger partial charge in [0.1, 0.15) is 0 Å². The highest BCUT2D eigenvalue weighted by Crippen LogP contribution is 2.31. The summed E-state index contributed by atoms with van der Waals surface area (Å²) >= 11 is 6.20. The van der Waals surface area contributed by atoms with Crippen molar-refractivity contribution in [2.75, 3.05) is 0 Å². The van der Waals surface area contributed by atoms with Gasteiger partial charge >= 0.3 is 0 Å². The van der Waals surface area contributed by atoms with E-state index in [4.69, 9.17) is 11.6 Å². The van der Waals surface area contributed by atoms with Crippen molar-refractivity contribution in [3.63, 3.8) is 0 Å². The van der Waals surface area contributed by atoms with Crippen LogP contribution in [-0.4, -0.2) is 26.8 Å². The van der Waals surface area contributed by atoms with Crippen molar-refractivity contribution in [1.29, 1.82) is 0 Å². The van der Waals surface area contributed by atoms with E-state index in [1.54, 1.807) is 24.7 Å². The van der Waals surface area contributed by atoms with E-state index in [-0.39, 0.29) is 5.91 Å². The lowest BCUT2D eigenvalue weighted by Crippen LogP contribution is -2.33. The van der Waals surface area contributed by atoms with Gasteiger partial charge in [-0.3, -0.25) is 14.8 Å². The third-order valence-corrected chi connectivity index (χ3v) is 3.86. The van der Waals surface area contributed by atoms with Gasteiger partial charge in [-0.1, -0.05) is 17.7 Å². The molecule has 0 radical (unpaired) electrons. The Hall–Kier alpha value is -1.94. The highest BCUT2D eigenvalue weighted by atomic mass is 35.5. The summed E-state index contributed by atoms with van der Waals surface area (Å²) in [5, 5.41) is 0.462. The topological polar surface area (TPSA) is 46.1 Å². The van der Waals surface area contributed by atoms with Gasteiger partial charge in [0, 0.05) is 36.9 Å². The van der Waals surface area contributed by atoms with Crippen LogP contribution in [0.5, 0.6) is 0 Å². The van der Waals surface area contributed by atoms with Crippen LogP contribution in [0.25, 0.3) is 0 Å². The minimum Gasteiger partial charge on any atom is -0.331 e. The summed E-state index contributed by atoms with van der Waals surface area (Å²) in [6.07, 6.45) is 7.18. The Balaban J connectivity index is 1.85. The molecular weight excluding hydrogens is 286 g/mol. The summed E-state index contributed by atoms with van der Waals surface area (Å²) in [6, 6.07) is 5.88. The minimum absolute atomic E-state index is 0.0566. The zero-order valence-electron chi connectivity index (χ0n) is 11.8. The SMILES string of the molecule is Cc1cc(Cl)c(C(=O)N(Cc2cccnc2)C2CC2)cn1. The molecule has 3 rings (SSSR count). The number of aryl methyl sites for hydroxylation is 1. The van der Waals surface area contributed by atoms with Crippen molar-refractivity contribution in [2.45, 2.75) is 32.4 Å². The molecule has 1 fully saturated rings. The van der Waals surface area contributed by atoms with Gasteiger partial charge in [0.2, 0.25) is 0 Å². The smallest absolute Gasteiger partial charge is 0.257 e. The van der Waals surface area contributed by atoms with Crippen molar-refractivity contribution >= 4 is 17.5 Å². The summed E-state index contributed by atoms with van der Waals surface area (Å²) in [7, 11) is 0. The van der Waals surface area contributed by atoms with Gasteiger partial charge in [-0.05, 0) is 37.5 Å². The normalized spacial score (nSPS) is 14.0. The molecule has 1 aliphatic rings. The van der Waals surface area contributed by atoms with Crippen LogP contribution in [0.3, 0.4) is 0 Å². The summed E-state index contributed by atoms with van der Waals surface area (Å²) in [6.45, 7) is 2.41. The zero-order valence-corrected chi connectivity index (χ0v) is 12.5. The number of hydrogen-bond acceptors (Lipinski definition) is 3. The van der Waals surface area contributed by atoms with Gasteiger partial charge in [-0.15, -0.1) is 0 Å². The number of pyridine rings is 2. The van der Waals surface area contributed by atoms with Gasteiger partial charge in [0.25, 0.3) is 5.91 Å². The summed E-state index contributed by atoms with van der Waals surface area (Å²) in [5.74, 6) is -0.0566. The summed E-state index contributed by atoms with van der Waals surface area (Å²) in [4.78, 5) is 22.9. The van der Waals surface area contributed by atoms with E-state index >= 15 is 0 Å². The largest absolute Gasteiger partial charge is 0.331 e. The zero-order chi connectivity index (χ0) is 14.8. The number of amides is 1.